The van der Waals surface area contributed by atoms with E-state index in [1.165, 1.54) is 18.7 Å². The number of H-pyrrole nitrogens is 1. The van der Waals surface area contributed by atoms with E-state index < -0.39 is 17.6 Å². The Morgan fingerprint density at radius 3 is 2.73 bits per heavy atom. The monoisotopic (exact) mass is 452 g/mol. The van der Waals surface area contributed by atoms with Gasteiger partial charge in [-0.1, -0.05) is 5.16 Å². The molecule has 8 nitrogen and oxygen atoms in total. The molecule has 0 aliphatic rings. The van der Waals surface area contributed by atoms with Gasteiger partial charge in [-0.15, -0.1) is 0 Å². The number of imidazole rings is 2. The zero-order valence-corrected chi connectivity index (χ0v) is 17.0. The lowest BCUT2D eigenvalue weighted by atomic mass is 10.1. The number of nitrogens with zero attached hydrogens (tertiary/aromatic N) is 4. The van der Waals surface area contributed by atoms with Gasteiger partial charge in [-0.25, -0.2) is 9.97 Å². The van der Waals surface area contributed by atoms with Crippen LogP contribution in [-0.4, -0.2) is 30.6 Å². The standard InChI is InChI=1S/C22H15F3N6O2/c1-12-26-4-5-31(12)17-7-13(6-15(8-17)22(23,24)25)20-29-18-3-2-16(9-19(18)30-20)28-21(32)14-10-27-33-11-14/h2-11H,1H3,(H,28,32)(H,29,30). The summed E-state index contributed by atoms with van der Waals surface area (Å²) >= 11 is 0. The Labute approximate surface area is 184 Å². The van der Waals surface area contributed by atoms with E-state index in [1.807, 2.05) is 0 Å². The molecule has 33 heavy (non-hydrogen) atoms. The molecule has 0 saturated carbocycles. The van der Waals surface area contributed by atoms with Crippen LogP contribution in [0.3, 0.4) is 0 Å². The minimum atomic E-state index is -4.54. The van der Waals surface area contributed by atoms with Crippen molar-refractivity contribution >= 4 is 22.6 Å². The lowest BCUT2D eigenvalue weighted by Crippen LogP contribution is -2.10. The van der Waals surface area contributed by atoms with E-state index in [0.29, 0.717) is 28.2 Å². The summed E-state index contributed by atoms with van der Waals surface area (Å²) in [7, 11) is 0. The number of carbonyl (C=O) groups excluding carboxylic acids is 1. The molecule has 1 amide bonds. The molecule has 0 spiro atoms. The third kappa shape index (κ3) is 3.95. The first-order valence-electron chi connectivity index (χ1n) is 9.71. The van der Waals surface area contributed by atoms with Crippen molar-refractivity contribution < 1.29 is 22.5 Å². The Kier molecular flexibility index (Phi) is 4.73. The molecule has 3 heterocycles. The topological polar surface area (TPSA) is 102 Å². The van der Waals surface area contributed by atoms with Crippen molar-refractivity contribution in [1.82, 2.24) is 24.7 Å². The Balaban J connectivity index is 1.54. The van der Waals surface area contributed by atoms with Crippen molar-refractivity contribution in [2.75, 3.05) is 5.32 Å². The molecule has 0 radical (unpaired) electrons. The Morgan fingerprint density at radius 1 is 1.18 bits per heavy atom. The number of aromatic amines is 1. The highest BCUT2D eigenvalue weighted by atomic mass is 19.4. The Bertz CT molecular complexity index is 1470. The van der Waals surface area contributed by atoms with Gasteiger partial charge < -0.3 is 19.4 Å². The van der Waals surface area contributed by atoms with Crippen LogP contribution in [0.2, 0.25) is 0 Å². The number of nitrogens with one attached hydrogen (secondary N) is 2. The van der Waals surface area contributed by atoms with E-state index in [9.17, 15) is 18.0 Å². The van der Waals surface area contributed by atoms with Crippen molar-refractivity contribution in [3.05, 3.63) is 78.2 Å². The SMILES string of the molecule is Cc1nccn1-c1cc(-c2nc3ccc(NC(=O)c4cnoc4)cc3[nH]2)cc(C(F)(F)F)c1. The molecule has 5 aromatic rings. The second-order valence-electron chi connectivity index (χ2n) is 7.30. The molecule has 0 fully saturated rings. The number of hydrogen-bond donors (Lipinski definition) is 2. The minimum absolute atomic E-state index is 0.256. The van der Waals surface area contributed by atoms with Gasteiger partial charge in [-0.05, 0) is 43.3 Å². The van der Waals surface area contributed by atoms with Gasteiger partial charge in [0.25, 0.3) is 5.91 Å². The largest absolute Gasteiger partial charge is 0.416 e. The quantitative estimate of drug-likeness (QED) is 0.400. The molecule has 2 N–H and O–H groups in total. The Morgan fingerprint density at radius 2 is 2.03 bits per heavy atom. The van der Waals surface area contributed by atoms with Crippen LogP contribution < -0.4 is 5.32 Å². The van der Waals surface area contributed by atoms with Gasteiger partial charge in [0.2, 0.25) is 0 Å². The molecule has 0 saturated heterocycles. The summed E-state index contributed by atoms with van der Waals surface area (Å²) in [6, 6.07) is 8.67. The van der Waals surface area contributed by atoms with E-state index in [1.54, 1.807) is 42.0 Å². The number of rotatable bonds is 4. The van der Waals surface area contributed by atoms with E-state index >= 15 is 0 Å². The summed E-state index contributed by atoms with van der Waals surface area (Å²) in [5.41, 5.74) is 1.59. The lowest BCUT2D eigenvalue weighted by molar-refractivity contribution is -0.137. The van der Waals surface area contributed by atoms with Crippen LogP contribution in [0.1, 0.15) is 21.7 Å². The summed E-state index contributed by atoms with van der Waals surface area (Å²) in [6.45, 7) is 1.70. The fourth-order valence-electron chi connectivity index (χ4n) is 3.45. The number of aromatic nitrogens is 5. The molecule has 0 atom stereocenters. The predicted octanol–water partition coefficient (Wildman–Crippen LogP) is 4.98. The van der Waals surface area contributed by atoms with Gasteiger partial charge in [0.1, 0.15) is 17.9 Å². The van der Waals surface area contributed by atoms with Gasteiger partial charge in [-0.2, -0.15) is 13.2 Å². The van der Waals surface area contributed by atoms with Crippen molar-refractivity contribution in [2.24, 2.45) is 0 Å². The maximum Gasteiger partial charge on any atom is 0.416 e. The highest BCUT2D eigenvalue weighted by Gasteiger charge is 2.32. The fourth-order valence-corrected chi connectivity index (χ4v) is 3.45. The summed E-state index contributed by atoms with van der Waals surface area (Å²) in [6.07, 6.45) is 1.08. The molecule has 0 bridgehead atoms. The third-order valence-corrected chi connectivity index (χ3v) is 5.06. The molecule has 166 valence electrons. The predicted molar refractivity (Wildman–Crippen MR) is 113 cm³/mol. The summed E-state index contributed by atoms with van der Waals surface area (Å²) < 4.78 is 47.0. The van der Waals surface area contributed by atoms with Crippen LogP contribution in [0.5, 0.6) is 0 Å². The molecular formula is C22H15F3N6O2. The van der Waals surface area contributed by atoms with Crippen LogP contribution in [0.4, 0.5) is 18.9 Å². The second-order valence-corrected chi connectivity index (χ2v) is 7.30. The number of hydrogen-bond acceptors (Lipinski definition) is 5. The number of alkyl halides is 3. The van der Waals surface area contributed by atoms with E-state index in [2.05, 4.69) is 29.9 Å². The van der Waals surface area contributed by atoms with E-state index in [0.717, 1.165) is 12.1 Å². The van der Waals surface area contributed by atoms with Gasteiger partial charge in [0.15, 0.2) is 0 Å². The molecule has 0 unspecified atom stereocenters. The lowest BCUT2D eigenvalue weighted by Gasteiger charge is -2.13. The molecule has 0 aliphatic carbocycles. The highest BCUT2D eigenvalue weighted by Crippen LogP contribution is 2.34. The van der Waals surface area contributed by atoms with Gasteiger partial charge in [-0.3, -0.25) is 4.79 Å². The zero-order valence-electron chi connectivity index (χ0n) is 17.0. The van der Waals surface area contributed by atoms with Gasteiger partial charge in [0, 0.05) is 29.3 Å². The summed E-state index contributed by atoms with van der Waals surface area (Å²) in [5, 5.41) is 6.19. The number of amides is 1. The highest BCUT2D eigenvalue weighted by molar-refractivity contribution is 6.04. The first-order chi connectivity index (χ1) is 15.8. The van der Waals surface area contributed by atoms with Crippen LogP contribution in [-0.2, 0) is 6.18 Å². The second kappa shape index (κ2) is 7.62. The van der Waals surface area contributed by atoms with Crippen molar-refractivity contribution in [1.29, 1.82) is 0 Å². The third-order valence-electron chi connectivity index (χ3n) is 5.06. The first kappa shape index (κ1) is 20.5. The molecule has 3 aromatic heterocycles. The van der Waals surface area contributed by atoms with Gasteiger partial charge in [0.05, 0.1) is 28.4 Å². The average molecular weight is 452 g/mol. The van der Waals surface area contributed by atoms with E-state index in [-0.39, 0.29) is 17.0 Å². The van der Waals surface area contributed by atoms with Crippen LogP contribution in [0.15, 0.2) is 65.8 Å². The van der Waals surface area contributed by atoms with Crippen LogP contribution >= 0.6 is 0 Å². The fraction of sp³-hybridized carbons (Fsp3) is 0.0909. The molecule has 11 heteroatoms. The number of aryl methyl sites for hydroxylation is 1. The van der Waals surface area contributed by atoms with Crippen LogP contribution in [0, 0.1) is 6.92 Å². The molecule has 0 aliphatic heterocycles. The smallest absolute Gasteiger partial charge is 0.364 e. The van der Waals surface area contributed by atoms with Crippen molar-refractivity contribution in [3.8, 4) is 17.1 Å². The molecular weight excluding hydrogens is 437 g/mol. The van der Waals surface area contributed by atoms with Crippen LogP contribution in [0.25, 0.3) is 28.1 Å². The zero-order chi connectivity index (χ0) is 23.2. The summed E-state index contributed by atoms with van der Waals surface area (Å²) in [4.78, 5) is 23.8. The number of anilines is 1. The molecule has 5 rings (SSSR count). The maximum absolute atomic E-state index is 13.6. The van der Waals surface area contributed by atoms with Crippen molar-refractivity contribution in [3.63, 3.8) is 0 Å². The number of halogens is 3. The minimum Gasteiger partial charge on any atom is -0.364 e. The Hall–Kier alpha value is -4.41. The normalized spacial score (nSPS) is 11.8. The first-order valence-corrected chi connectivity index (χ1v) is 9.71. The molecule has 2 aromatic carbocycles. The van der Waals surface area contributed by atoms with Crippen molar-refractivity contribution in [2.45, 2.75) is 13.1 Å². The number of carbonyl (C=O) groups is 1. The summed E-state index contributed by atoms with van der Waals surface area (Å²) in [5.74, 6) is 0.407. The maximum atomic E-state index is 13.6. The number of fused-ring (bicyclic) bond motifs is 1. The van der Waals surface area contributed by atoms with Gasteiger partial charge >= 0.3 is 6.18 Å². The number of benzene rings is 2. The van der Waals surface area contributed by atoms with E-state index in [4.69, 9.17) is 0 Å². The average Bonchev–Trinajstić information content (AvgIpc) is 3.53.